The van der Waals surface area contributed by atoms with Gasteiger partial charge in [-0.3, -0.25) is 9.62 Å². The third-order valence-electron chi connectivity index (χ3n) is 5.97. The molecular weight excluding hydrogens is 458 g/mol. The van der Waals surface area contributed by atoms with Crippen LogP contribution in [0.4, 0.5) is 11.4 Å². The lowest BCUT2D eigenvalue weighted by Gasteiger charge is -2.22. The van der Waals surface area contributed by atoms with E-state index in [1.165, 1.54) is 12.1 Å². The van der Waals surface area contributed by atoms with Crippen molar-refractivity contribution in [3.8, 4) is 0 Å². The van der Waals surface area contributed by atoms with Crippen LogP contribution in [0.3, 0.4) is 0 Å². The number of hydrogen-bond acceptors (Lipinski definition) is 7. The molecule has 0 aliphatic heterocycles. The summed E-state index contributed by atoms with van der Waals surface area (Å²) in [6, 6.07) is 9.85. The van der Waals surface area contributed by atoms with Gasteiger partial charge in [0.15, 0.2) is 0 Å². The number of nitrogens with one attached hydrogen (secondary N) is 2. The molecule has 0 atom stereocenters. The summed E-state index contributed by atoms with van der Waals surface area (Å²) >= 11 is 0. The van der Waals surface area contributed by atoms with E-state index in [-0.39, 0.29) is 29.4 Å². The van der Waals surface area contributed by atoms with Crippen molar-refractivity contribution in [2.45, 2.75) is 37.0 Å². The highest BCUT2D eigenvalue weighted by Gasteiger charge is 2.25. The van der Waals surface area contributed by atoms with E-state index >= 15 is 0 Å². The van der Waals surface area contributed by atoms with Crippen molar-refractivity contribution in [1.82, 2.24) is 4.90 Å². The number of nitrogens with zero attached hydrogens (tertiary/aromatic N) is 1. The number of rotatable bonds is 13. The highest BCUT2D eigenvalue weighted by atomic mass is 32.2. The van der Waals surface area contributed by atoms with Crippen molar-refractivity contribution >= 4 is 27.4 Å². The number of carboxylic acid groups (broad SMARTS) is 1. The minimum absolute atomic E-state index is 0.00119. The smallest absolute Gasteiger partial charge is 0.338 e. The Balaban J connectivity index is 1.76. The molecule has 2 aromatic carbocycles. The molecule has 0 amide bonds. The first kappa shape index (κ1) is 26.0. The SMILES string of the molecule is O=C(O)c1c(NS(=O)(=O)c2ccccc2NCCCN(CCO)CCO)ccc2c1CCCC2. The summed E-state index contributed by atoms with van der Waals surface area (Å²) in [5.74, 6) is -1.14. The Labute approximate surface area is 200 Å². The van der Waals surface area contributed by atoms with Gasteiger partial charge in [-0.05, 0) is 68.0 Å². The summed E-state index contributed by atoms with van der Waals surface area (Å²) < 4.78 is 29.0. The summed E-state index contributed by atoms with van der Waals surface area (Å²) in [5.41, 5.74) is 2.19. The topological polar surface area (TPSA) is 139 Å². The van der Waals surface area contributed by atoms with Gasteiger partial charge in [0, 0.05) is 19.6 Å². The molecule has 0 saturated carbocycles. The second-order valence-corrected chi connectivity index (χ2v) is 9.96. The minimum Gasteiger partial charge on any atom is -0.478 e. The first-order chi connectivity index (χ1) is 16.4. The van der Waals surface area contributed by atoms with Crippen molar-refractivity contribution in [1.29, 1.82) is 0 Å². The standard InChI is InChI=1S/C24H33N3O6S/c28-16-14-27(15-17-29)13-5-12-25-20-8-3-4-9-22(20)34(32,33)26-21-11-10-18-6-1-2-7-19(18)23(21)24(30)31/h3-4,8-11,25-26,28-29H,1-2,5-7,12-17H2,(H,30,31). The molecule has 5 N–H and O–H groups in total. The minimum atomic E-state index is -4.05. The number of para-hydroxylation sites is 1. The molecular formula is C24H33N3O6S. The van der Waals surface area contributed by atoms with Crippen LogP contribution in [0.15, 0.2) is 41.3 Å². The summed E-state index contributed by atoms with van der Waals surface area (Å²) in [6.07, 6.45) is 3.96. The molecule has 10 heteroatoms. The van der Waals surface area contributed by atoms with E-state index in [0.717, 1.165) is 24.8 Å². The van der Waals surface area contributed by atoms with Crippen LogP contribution < -0.4 is 10.0 Å². The number of carboxylic acids is 1. The van der Waals surface area contributed by atoms with Gasteiger partial charge in [0.05, 0.1) is 30.2 Å². The van der Waals surface area contributed by atoms with Crippen LogP contribution in [-0.4, -0.2) is 74.0 Å². The predicted molar refractivity (Wildman–Crippen MR) is 131 cm³/mol. The summed E-state index contributed by atoms with van der Waals surface area (Å²) in [7, 11) is -4.05. The maximum absolute atomic E-state index is 13.3. The number of carbonyl (C=O) groups is 1. The monoisotopic (exact) mass is 491 g/mol. The van der Waals surface area contributed by atoms with Crippen molar-refractivity contribution in [2.75, 3.05) is 49.4 Å². The average Bonchev–Trinajstić information content (AvgIpc) is 2.81. The largest absolute Gasteiger partial charge is 0.478 e. The maximum atomic E-state index is 13.3. The van der Waals surface area contributed by atoms with Crippen LogP contribution >= 0.6 is 0 Å². The van der Waals surface area contributed by atoms with Gasteiger partial charge in [0.2, 0.25) is 0 Å². The first-order valence-electron chi connectivity index (χ1n) is 11.5. The lowest BCUT2D eigenvalue weighted by Crippen LogP contribution is -2.31. The fraction of sp³-hybridized carbons (Fsp3) is 0.458. The van der Waals surface area contributed by atoms with Gasteiger partial charge in [-0.2, -0.15) is 0 Å². The van der Waals surface area contributed by atoms with E-state index < -0.39 is 16.0 Å². The number of aromatic carboxylic acids is 1. The van der Waals surface area contributed by atoms with E-state index in [1.807, 2.05) is 11.0 Å². The molecule has 34 heavy (non-hydrogen) atoms. The molecule has 9 nitrogen and oxygen atoms in total. The molecule has 186 valence electrons. The van der Waals surface area contributed by atoms with Crippen molar-refractivity contribution < 1.29 is 28.5 Å². The summed E-state index contributed by atoms with van der Waals surface area (Å²) in [5, 5.41) is 31.2. The molecule has 0 bridgehead atoms. The Morgan fingerprint density at radius 2 is 1.65 bits per heavy atom. The van der Waals surface area contributed by atoms with Crippen LogP contribution in [0, 0.1) is 0 Å². The molecule has 0 radical (unpaired) electrons. The zero-order valence-electron chi connectivity index (χ0n) is 19.2. The van der Waals surface area contributed by atoms with Gasteiger partial charge in [-0.15, -0.1) is 0 Å². The van der Waals surface area contributed by atoms with E-state index in [0.29, 0.717) is 50.3 Å². The van der Waals surface area contributed by atoms with Gasteiger partial charge in [-0.1, -0.05) is 18.2 Å². The van der Waals surface area contributed by atoms with Crippen LogP contribution in [-0.2, 0) is 22.9 Å². The Hall–Kier alpha value is -2.66. The average molecular weight is 492 g/mol. The Morgan fingerprint density at radius 3 is 2.35 bits per heavy atom. The highest BCUT2D eigenvalue weighted by molar-refractivity contribution is 7.92. The molecule has 0 aromatic heterocycles. The molecule has 0 fully saturated rings. The van der Waals surface area contributed by atoms with Crippen molar-refractivity contribution in [3.05, 3.63) is 53.1 Å². The molecule has 0 saturated heterocycles. The van der Waals surface area contributed by atoms with E-state index in [4.69, 9.17) is 10.2 Å². The van der Waals surface area contributed by atoms with Gasteiger partial charge in [0.25, 0.3) is 10.0 Å². The van der Waals surface area contributed by atoms with Crippen molar-refractivity contribution in [2.24, 2.45) is 0 Å². The summed E-state index contributed by atoms with van der Waals surface area (Å²) in [6.45, 7) is 2.05. The highest BCUT2D eigenvalue weighted by Crippen LogP contribution is 2.32. The normalized spacial score (nSPS) is 13.5. The molecule has 1 aliphatic rings. The van der Waals surface area contributed by atoms with E-state index in [2.05, 4.69) is 10.0 Å². The third-order valence-corrected chi connectivity index (χ3v) is 7.39. The van der Waals surface area contributed by atoms with Gasteiger partial charge in [-0.25, -0.2) is 13.2 Å². The number of sulfonamides is 1. The number of fused-ring (bicyclic) bond motifs is 1. The molecule has 0 spiro atoms. The molecule has 2 aromatic rings. The Bertz CT molecular complexity index is 1080. The number of benzene rings is 2. The first-order valence-corrected chi connectivity index (χ1v) is 13.0. The Kier molecular flexibility index (Phi) is 9.28. The molecule has 0 heterocycles. The maximum Gasteiger partial charge on any atom is 0.338 e. The van der Waals surface area contributed by atoms with Gasteiger partial charge < -0.3 is 20.6 Å². The molecule has 1 aliphatic carbocycles. The van der Waals surface area contributed by atoms with Crippen LogP contribution in [0.5, 0.6) is 0 Å². The van der Waals surface area contributed by atoms with Crippen LogP contribution in [0.2, 0.25) is 0 Å². The second kappa shape index (κ2) is 12.2. The predicted octanol–water partition coefficient (Wildman–Crippen LogP) is 2.15. The number of anilines is 2. The number of hydrogen-bond donors (Lipinski definition) is 5. The Morgan fingerprint density at radius 1 is 0.941 bits per heavy atom. The molecule has 3 rings (SSSR count). The number of aliphatic hydroxyl groups is 2. The second-order valence-electron chi connectivity index (χ2n) is 8.31. The quantitative estimate of drug-likeness (QED) is 0.269. The summed E-state index contributed by atoms with van der Waals surface area (Å²) in [4.78, 5) is 14.0. The third kappa shape index (κ3) is 6.47. The van der Waals surface area contributed by atoms with Crippen LogP contribution in [0.1, 0.15) is 40.7 Å². The number of aryl methyl sites for hydroxylation is 1. The zero-order chi connectivity index (χ0) is 24.6. The fourth-order valence-corrected chi connectivity index (χ4v) is 5.61. The van der Waals surface area contributed by atoms with Crippen LogP contribution in [0.25, 0.3) is 0 Å². The number of aliphatic hydroxyl groups excluding tert-OH is 2. The van der Waals surface area contributed by atoms with Crippen molar-refractivity contribution in [3.63, 3.8) is 0 Å². The lowest BCUT2D eigenvalue weighted by atomic mass is 9.87. The molecule has 0 unspecified atom stereocenters. The van der Waals surface area contributed by atoms with E-state index in [1.54, 1.807) is 18.2 Å². The lowest BCUT2D eigenvalue weighted by molar-refractivity contribution is 0.0696. The zero-order valence-corrected chi connectivity index (χ0v) is 20.0. The van der Waals surface area contributed by atoms with Gasteiger partial charge in [0.1, 0.15) is 4.90 Å². The van der Waals surface area contributed by atoms with E-state index in [9.17, 15) is 18.3 Å². The fourth-order valence-electron chi connectivity index (χ4n) is 4.35. The van der Waals surface area contributed by atoms with Gasteiger partial charge >= 0.3 is 5.97 Å².